The predicted molar refractivity (Wildman–Crippen MR) is 72.5 cm³/mol. The molecule has 0 N–H and O–H groups in total. The molecule has 0 spiro atoms. The Labute approximate surface area is 118 Å². The lowest BCUT2D eigenvalue weighted by Crippen LogP contribution is -2.42. The van der Waals surface area contributed by atoms with E-state index in [2.05, 4.69) is 10.3 Å². The van der Waals surface area contributed by atoms with Gasteiger partial charge in [-0.25, -0.2) is 8.42 Å². The molecule has 7 nitrogen and oxygen atoms in total. The summed E-state index contributed by atoms with van der Waals surface area (Å²) in [7, 11) is -1.43. The Morgan fingerprint density at radius 3 is 2.75 bits per heavy atom. The molecule has 0 unspecified atom stereocenters. The molecular formula is C12H20N4O3S. The molecule has 0 saturated heterocycles. The van der Waals surface area contributed by atoms with Gasteiger partial charge in [0.05, 0.1) is 24.6 Å². The van der Waals surface area contributed by atoms with Crippen LogP contribution in [0.3, 0.4) is 0 Å². The smallest absolute Gasteiger partial charge is 0.211 e. The van der Waals surface area contributed by atoms with Crippen LogP contribution in [0.5, 0.6) is 0 Å². The van der Waals surface area contributed by atoms with Crippen molar-refractivity contribution in [3.8, 4) is 0 Å². The highest BCUT2D eigenvalue weighted by atomic mass is 32.2. The van der Waals surface area contributed by atoms with Crippen molar-refractivity contribution in [2.24, 2.45) is 13.0 Å². The molecule has 8 heteroatoms. The van der Waals surface area contributed by atoms with Crippen molar-refractivity contribution in [1.29, 1.82) is 0 Å². The number of hydrogen-bond donors (Lipinski definition) is 0. The first-order valence-electron chi connectivity index (χ1n) is 6.90. The summed E-state index contributed by atoms with van der Waals surface area (Å²) in [4.78, 5) is 0. The number of fused-ring (bicyclic) bond motifs is 1. The van der Waals surface area contributed by atoms with Crippen LogP contribution in [-0.2, 0) is 28.2 Å². The summed E-state index contributed by atoms with van der Waals surface area (Å²) in [5.74, 6) is 0.659. The Balaban J connectivity index is 1.81. The summed E-state index contributed by atoms with van der Waals surface area (Å²) in [5.41, 5.74) is 1.74. The van der Waals surface area contributed by atoms with E-state index < -0.39 is 10.0 Å². The Morgan fingerprint density at radius 2 is 2.10 bits per heavy atom. The van der Waals surface area contributed by atoms with Gasteiger partial charge in [-0.05, 0) is 18.8 Å². The van der Waals surface area contributed by atoms with Crippen LogP contribution >= 0.6 is 0 Å². The first kappa shape index (κ1) is 14.0. The largest absolute Gasteiger partial charge is 0.379 e. The van der Waals surface area contributed by atoms with Gasteiger partial charge in [-0.3, -0.25) is 4.68 Å². The lowest BCUT2D eigenvalue weighted by atomic mass is 10.1. The van der Waals surface area contributed by atoms with Crippen molar-refractivity contribution >= 4 is 10.0 Å². The molecule has 1 aliphatic carbocycles. The maximum Gasteiger partial charge on any atom is 0.211 e. The maximum atomic E-state index is 11.9. The van der Waals surface area contributed by atoms with Crippen LogP contribution in [-0.4, -0.2) is 53.7 Å². The summed E-state index contributed by atoms with van der Waals surface area (Å²) in [5, 5.41) is 8.15. The second-order valence-corrected chi connectivity index (χ2v) is 7.60. The van der Waals surface area contributed by atoms with Gasteiger partial charge < -0.3 is 4.74 Å². The van der Waals surface area contributed by atoms with E-state index in [4.69, 9.17) is 4.74 Å². The molecule has 2 aliphatic rings. The highest BCUT2D eigenvalue weighted by Crippen LogP contribution is 2.32. The van der Waals surface area contributed by atoms with Gasteiger partial charge in [0.1, 0.15) is 5.69 Å². The van der Waals surface area contributed by atoms with E-state index in [9.17, 15) is 8.42 Å². The third-order valence-corrected chi connectivity index (χ3v) is 5.25. The molecule has 1 aliphatic heterocycles. The molecule has 1 atom stereocenters. The number of rotatable bonds is 5. The van der Waals surface area contributed by atoms with Gasteiger partial charge in [-0.1, -0.05) is 5.21 Å². The second-order valence-electron chi connectivity index (χ2n) is 5.67. The third kappa shape index (κ3) is 2.72. The number of hydrogen-bond acceptors (Lipinski definition) is 5. The van der Waals surface area contributed by atoms with E-state index in [1.807, 2.05) is 7.05 Å². The molecule has 0 radical (unpaired) electrons. The summed E-state index contributed by atoms with van der Waals surface area (Å²) >= 11 is 0. The summed E-state index contributed by atoms with van der Waals surface area (Å²) in [6, 6.07) is -0.346. The van der Waals surface area contributed by atoms with Gasteiger partial charge in [0.25, 0.3) is 0 Å². The van der Waals surface area contributed by atoms with Gasteiger partial charge in [-0.2, -0.15) is 4.31 Å². The van der Waals surface area contributed by atoms with Crippen LogP contribution in [0.25, 0.3) is 0 Å². The SMILES string of the molecule is Cn1nnc2c1CCN(S(C)(=O)=O)[C@H]2COCC1CC1. The van der Waals surface area contributed by atoms with Gasteiger partial charge in [0, 0.05) is 26.6 Å². The van der Waals surface area contributed by atoms with E-state index in [0.29, 0.717) is 32.1 Å². The van der Waals surface area contributed by atoms with Crippen molar-refractivity contribution in [2.75, 3.05) is 26.0 Å². The highest BCUT2D eigenvalue weighted by molar-refractivity contribution is 7.88. The Kier molecular flexibility index (Phi) is 3.55. The van der Waals surface area contributed by atoms with Crippen molar-refractivity contribution in [3.05, 3.63) is 11.4 Å². The minimum atomic E-state index is -3.27. The van der Waals surface area contributed by atoms with Crippen molar-refractivity contribution in [3.63, 3.8) is 0 Å². The number of ether oxygens (including phenoxy) is 1. The lowest BCUT2D eigenvalue weighted by molar-refractivity contribution is 0.0763. The molecule has 0 aromatic carbocycles. The molecule has 3 rings (SSSR count). The molecule has 20 heavy (non-hydrogen) atoms. The van der Waals surface area contributed by atoms with E-state index in [1.165, 1.54) is 23.4 Å². The molecule has 2 heterocycles. The maximum absolute atomic E-state index is 11.9. The molecule has 1 aromatic rings. The van der Waals surface area contributed by atoms with Crippen molar-refractivity contribution in [1.82, 2.24) is 19.3 Å². The monoisotopic (exact) mass is 300 g/mol. The van der Waals surface area contributed by atoms with E-state index in [1.54, 1.807) is 4.68 Å². The van der Waals surface area contributed by atoms with Crippen LogP contribution in [0.15, 0.2) is 0 Å². The number of sulfonamides is 1. The Bertz CT molecular complexity index is 594. The minimum absolute atomic E-state index is 0.346. The van der Waals surface area contributed by atoms with Crippen LogP contribution in [0.2, 0.25) is 0 Å². The van der Waals surface area contributed by atoms with Gasteiger partial charge in [-0.15, -0.1) is 5.10 Å². The number of aryl methyl sites for hydroxylation is 1. The molecular weight excluding hydrogens is 280 g/mol. The summed E-state index contributed by atoms with van der Waals surface area (Å²) < 4.78 is 32.8. The Hall–Kier alpha value is -0.990. The van der Waals surface area contributed by atoms with Crippen LogP contribution in [0.1, 0.15) is 30.3 Å². The van der Waals surface area contributed by atoms with E-state index in [0.717, 1.165) is 11.4 Å². The molecule has 1 saturated carbocycles. The average Bonchev–Trinajstić information content (AvgIpc) is 3.12. The summed E-state index contributed by atoms with van der Waals surface area (Å²) in [6.07, 6.45) is 4.32. The standard InChI is InChI=1S/C12H20N4O3S/c1-15-10-5-6-16(20(2,17)18)11(12(10)13-14-15)8-19-7-9-3-4-9/h9,11H,3-8H2,1-2H3/t11-/m0/s1. The van der Waals surface area contributed by atoms with Gasteiger partial charge in [0.15, 0.2) is 0 Å². The zero-order valence-corrected chi connectivity index (χ0v) is 12.6. The van der Waals surface area contributed by atoms with E-state index >= 15 is 0 Å². The molecule has 0 bridgehead atoms. The van der Waals surface area contributed by atoms with Crippen LogP contribution in [0.4, 0.5) is 0 Å². The topological polar surface area (TPSA) is 77.3 Å². The molecule has 0 amide bonds. The second kappa shape index (κ2) is 5.09. The van der Waals surface area contributed by atoms with Crippen LogP contribution in [0, 0.1) is 5.92 Å². The zero-order chi connectivity index (χ0) is 14.3. The van der Waals surface area contributed by atoms with E-state index in [-0.39, 0.29) is 6.04 Å². The summed E-state index contributed by atoms with van der Waals surface area (Å²) in [6.45, 7) is 1.53. The fraction of sp³-hybridized carbons (Fsp3) is 0.833. The van der Waals surface area contributed by atoms with Crippen molar-refractivity contribution in [2.45, 2.75) is 25.3 Å². The van der Waals surface area contributed by atoms with Gasteiger partial charge in [0.2, 0.25) is 10.0 Å². The lowest BCUT2D eigenvalue weighted by Gasteiger charge is -2.32. The normalized spacial score (nSPS) is 23.8. The zero-order valence-electron chi connectivity index (χ0n) is 11.8. The number of aromatic nitrogens is 3. The molecule has 112 valence electrons. The molecule has 1 fully saturated rings. The van der Waals surface area contributed by atoms with Crippen molar-refractivity contribution < 1.29 is 13.2 Å². The Morgan fingerprint density at radius 1 is 1.35 bits per heavy atom. The first-order valence-corrected chi connectivity index (χ1v) is 8.74. The predicted octanol–water partition coefficient (Wildman–Crippen LogP) is 0.100. The van der Waals surface area contributed by atoms with Crippen LogP contribution < -0.4 is 0 Å². The minimum Gasteiger partial charge on any atom is -0.379 e. The van der Waals surface area contributed by atoms with Gasteiger partial charge >= 0.3 is 0 Å². The first-order chi connectivity index (χ1) is 9.47. The fourth-order valence-corrected chi connectivity index (χ4v) is 3.69. The molecule has 1 aromatic heterocycles. The average molecular weight is 300 g/mol. The highest BCUT2D eigenvalue weighted by Gasteiger charge is 2.37. The number of nitrogens with zero attached hydrogens (tertiary/aromatic N) is 4. The fourth-order valence-electron chi connectivity index (χ4n) is 2.64. The quantitative estimate of drug-likeness (QED) is 0.771. The third-order valence-electron chi connectivity index (χ3n) is 3.96.